The van der Waals surface area contributed by atoms with Crippen LogP contribution in [0, 0.1) is 39.4 Å². The highest BCUT2D eigenvalue weighted by Crippen LogP contribution is 2.72. The van der Waals surface area contributed by atoms with Crippen LogP contribution in [0.3, 0.4) is 0 Å². The van der Waals surface area contributed by atoms with Gasteiger partial charge in [0.05, 0.1) is 11.7 Å². The Morgan fingerprint density at radius 2 is 1.66 bits per heavy atom. The molecule has 1 saturated heterocycles. The third-order valence-corrected chi connectivity index (χ3v) is 12.8. The molecule has 3 heteroatoms. The van der Waals surface area contributed by atoms with Gasteiger partial charge < -0.3 is 9.47 Å². The highest BCUT2D eigenvalue weighted by molar-refractivity contribution is 5.66. The molecule has 2 saturated carbocycles. The van der Waals surface area contributed by atoms with E-state index in [0.29, 0.717) is 22.9 Å². The van der Waals surface area contributed by atoms with E-state index in [1.165, 1.54) is 57.8 Å². The van der Waals surface area contributed by atoms with Crippen molar-refractivity contribution in [3.63, 3.8) is 0 Å². The summed E-state index contributed by atoms with van der Waals surface area (Å²) in [6.45, 7) is 21.2. The summed E-state index contributed by atoms with van der Waals surface area (Å²) in [5.74, 6) is 2.07. The molecule has 5 rings (SSSR count). The average molecular weight is 485 g/mol. The number of hydrogen-bond donors (Lipinski definition) is 0. The minimum atomic E-state index is -0.119. The van der Waals surface area contributed by atoms with E-state index >= 15 is 0 Å². The van der Waals surface area contributed by atoms with Gasteiger partial charge in [-0.25, -0.2) is 0 Å². The van der Waals surface area contributed by atoms with Crippen LogP contribution in [-0.4, -0.2) is 23.8 Å². The second kappa shape index (κ2) is 8.08. The lowest BCUT2D eigenvalue weighted by molar-refractivity contribution is -0.167. The summed E-state index contributed by atoms with van der Waals surface area (Å²) < 4.78 is 11.8. The van der Waals surface area contributed by atoms with Crippen molar-refractivity contribution in [1.29, 1.82) is 0 Å². The van der Waals surface area contributed by atoms with Gasteiger partial charge in [-0.05, 0) is 112 Å². The number of ether oxygens (including phenoxy) is 2. The molecular weight excluding hydrogens is 432 g/mol. The number of allylic oxidation sites excluding steroid dienone is 2. The van der Waals surface area contributed by atoms with Gasteiger partial charge in [0, 0.05) is 12.3 Å². The molecular formula is C32H52O3. The molecule has 35 heavy (non-hydrogen) atoms. The first-order valence-electron chi connectivity index (χ1n) is 14.7. The lowest BCUT2D eigenvalue weighted by Crippen LogP contribution is -2.55. The molecule has 1 heterocycles. The molecule has 3 fully saturated rings. The molecule has 0 aromatic carbocycles. The van der Waals surface area contributed by atoms with Gasteiger partial charge in [-0.2, -0.15) is 0 Å². The van der Waals surface area contributed by atoms with E-state index in [-0.39, 0.29) is 28.5 Å². The number of esters is 1. The summed E-state index contributed by atoms with van der Waals surface area (Å²) in [7, 11) is 0. The molecule has 8 atom stereocenters. The van der Waals surface area contributed by atoms with Crippen molar-refractivity contribution in [3.05, 3.63) is 11.1 Å². The van der Waals surface area contributed by atoms with Crippen LogP contribution in [0.4, 0.5) is 0 Å². The highest BCUT2D eigenvalue weighted by Gasteiger charge is 2.63. The minimum Gasteiger partial charge on any atom is -0.462 e. The normalized spacial score (nSPS) is 46.3. The third kappa shape index (κ3) is 3.71. The van der Waals surface area contributed by atoms with Gasteiger partial charge in [0.15, 0.2) is 0 Å². The van der Waals surface area contributed by atoms with Gasteiger partial charge in [-0.1, -0.05) is 52.7 Å². The summed E-state index contributed by atoms with van der Waals surface area (Å²) in [6, 6.07) is 0. The van der Waals surface area contributed by atoms with Gasteiger partial charge in [-0.15, -0.1) is 0 Å². The predicted molar refractivity (Wildman–Crippen MR) is 142 cm³/mol. The zero-order valence-electron chi connectivity index (χ0n) is 24.2. The van der Waals surface area contributed by atoms with Crippen molar-refractivity contribution >= 4 is 5.97 Å². The van der Waals surface area contributed by atoms with E-state index in [1.807, 2.05) is 11.1 Å². The quantitative estimate of drug-likeness (QED) is 0.224. The number of hydrogen-bond acceptors (Lipinski definition) is 3. The average Bonchev–Trinajstić information content (AvgIpc) is 3.26. The van der Waals surface area contributed by atoms with E-state index in [4.69, 9.17) is 9.47 Å². The van der Waals surface area contributed by atoms with Crippen molar-refractivity contribution in [3.8, 4) is 0 Å². The molecule has 0 N–H and O–H groups in total. The second-order valence-electron chi connectivity index (χ2n) is 15.1. The molecule has 1 aliphatic heterocycles. The van der Waals surface area contributed by atoms with E-state index in [9.17, 15) is 4.79 Å². The van der Waals surface area contributed by atoms with Gasteiger partial charge in [0.25, 0.3) is 0 Å². The summed E-state index contributed by atoms with van der Waals surface area (Å²) in [5.41, 5.74) is 4.85. The lowest BCUT2D eigenvalue weighted by atomic mass is 9.43. The topological polar surface area (TPSA) is 38.8 Å². The van der Waals surface area contributed by atoms with Crippen LogP contribution >= 0.6 is 0 Å². The summed E-state index contributed by atoms with van der Waals surface area (Å²) >= 11 is 0. The standard InChI is InChI=1S/C32H52O3/c1-20(10-13-27-29(5,6)35-27)22-14-18-32(9)24-11-12-25-28(3,4)26(34-21(2)33)16-17-30(25,7)23(24)15-19-31(22,32)8/h20,22,25-27H,10-19H2,1-9H3/t20-,22+,25+,26+,27-,30+,31+,32-/m0/s1. The Hall–Kier alpha value is -0.830. The van der Waals surface area contributed by atoms with Crippen LogP contribution in [-0.2, 0) is 14.3 Å². The van der Waals surface area contributed by atoms with Gasteiger partial charge in [0.2, 0.25) is 0 Å². The first-order chi connectivity index (χ1) is 16.2. The number of fused-ring (bicyclic) bond motifs is 4. The molecule has 0 radical (unpaired) electrons. The molecule has 0 bridgehead atoms. The van der Waals surface area contributed by atoms with Crippen LogP contribution in [0.2, 0.25) is 0 Å². The van der Waals surface area contributed by atoms with Crippen LogP contribution in [0.25, 0.3) is 0 Å². The predicted octanol–water partition coefficient (Wildman–Crippen LogP) is 8.26. The van der Waals surface area contributed by atoms with E-state index in [0.717, 1.165) is 18.3 Å². The first-order valence-corrected chi connectivity index (χ1v) is 14.7. The Kier molecular flexibility index (Phi) is 5.96. The maximum absolute atomic E-state index is 11.8. The number of epoxide rings is 1. The fourth-order valence-electron chi connectivity index (χ4n) is 10.4. The van der Waals surface area contributed by atoms with Crippen molar-refractivity contribution < 1.29 is 14.3 Å². The monoisotopic (exact) mass is 484 g/mol. The zero-order valence-corrected chi connectivity index (χ0v) is 24.2. The van der Waals surface area contributed by atoms with Crippen molar-refractivity contribution in [2.24, 2.45) is 39.4 Å². The van der Waals surface area contributed by atoms with E-state index < -0.39 is 0 Å². The summed E-state index contributed by atoms with van der Waals surface area (Å²) in [6.07, 6.45) is 13.1. The summed E-state index contributed by atoms with van der Waals surface area (Å²) in [4.78, 5) is 11.8. The summed E-state index contributed by atoms with van der Waals surface area (Å²) in [5, 5.41) is 0. The maximum Gasteiger partial charge on any atom is 0.302 e. The fourth-order valence-corrected chi connectivity index (χ4v) is 10.4. The molecule has 5 aliphatic rings. The van der Waals surface area contributed by atoms with Crippen molar-refractivity contribution in [2.45, 2.75) is 144 Å². The Morgan fingerprint density at radius 1 is 0.971 bits per heavy atom. The number of carbonyl (C=O) groups is 1. The molecule has 0 aromatic rings. The molecule has 0 amide bonds. The van der Waals surface area contributed by atoms with Crippen molar-refractivity contribution in [2.75, 3.05) is 0 Å². The Bertz CT molecular complexity index is 914. The van der Waals surface area contributed by atoms with Crippen LogP contribution in [0.1, 0.15) is 127 Å². The fraction of sp³-hybridized carbons (Fsp3) is 0.906. The molecule has 0 spiro atoms. The van der Waals surface area contributed by atoms with Crippen LogP contribution < -0.4 is 0 Å². The van der Waals surface area contributed by atoms with Gasteiger partial charge in [-0.3, -0.25) is 4.79 Å². The first kappa shape index (κ1) is 25.8. The molecule has 198 valence electrons. The largest absolute Gasteiger partial charge is 0.462 e. The zero-order chi connectivity index (χ0) is 25.6. The lowest BCUT2D eigenvalue weighted by Gasteiger charge is -2.62. The molecule has 3 nitrogen and oxygen atoms in total. The number of rotatable bonds is 5. The molecule has 0 aromatic heterocycles. The Morgan fingerprint density at radius 3 is 2.29 bits per heavy atom. The van der Waals surface area contributed by atoms with Gasteiger partial charge in [0.1, 0.15) is 6.10 Å². The van der Waals surface area contributed by atoms with E-state index in [2.05, 4.69) is 55.4 Å². The second-order valence-corrected chi connectivity index (χ2v) is 15.1. The molecule has 0 unspecified atom stereocenters. The smallest absolute Gasteiger partial charge is 0.302 e. The highest BCUT2D eigenvalue weighted by atomic mass is 16.6. The van der Waals surface area contributed by atoms with Crippen LogP contribution in [0.15, 0.2) is 11.1 Å². The van der Waals surface area contributed by atoms with E-state index in [1.54, 1.807) is 6.92 Å². The number of carbonyl (C=O) groups excluding carboxylic acids is 1. The Balaban J connectivity index is 1.40. The third-order valence-electron chi connectivity index (χ3n) is 12.8. The Labute approximate surface area is 215 Å². The van der Waals surface area contributed by atoms with Gasteiger partial charge >= 0.3 is 5.97 Å². The SMILES string of the molecule is CC(=O)O[C@@H]1CC[C@]2(C)C3=C(CC[C@@H]2C1(C)C)[C@]1(C)CC[C@H]([C@@H](C)CC[C@@H]2OC2(C)C)[C@@]1(C)CC3. The maximum atomic E-state index is 11.8. The van der Waals surface area contributed by atoms with Crippen LogP contribution in [0.5, 0.6) is 0 Å². The molecule has 4 aliphatic carbocycles. The minimum absolute atomic E-state index is 0.0320. The van der Waals surface area contributed by atoms with Crippen molar-refractivity contribution in [1.82, 2.24) is 0 Å².